The SMILES string of the molecule is CC(C)N(CCCO)C(=O)CCc1ccccc1N. The zero-order valence-electron chi connectivity index (χ0n) is 11.8. The number of hydrogen-bond acceptors (Lipinski definition) is 3. The van der Waals surface area contributed by atoms with E-state index in [-0.39, 0.29) is 18.6 Å². The van der Waals surface area contributed by atoms with Gasteiger partial charge < -0.3 is 15.7 Å². The fourth-order valence-electron chi connectivity index (χ4n) is 2.06. The summed E-state index contributed by atoms with van der Waals surface area (Å²) in [7, 11) is 0. The van der Waals surface area contributed by atoms with Crippen molar-refractivity contribution in [2.24, 2.45) is 0 Å². The molecule has 4 heteroatoms. The molecule has 3 N–H and O–H groups in total. The van der Waals surface area contributed by atoms with E-state index in [4.69, 9.17) is 10.8 Å². The van der Waals surface area contributed by atoms with Crippen LogP contribution in [0.2, 0.25) is 0 Å². The Bertz CT molecular complexity index is 405. The molecule has 0 unspecified atom stereocenters. The van der Waals surface area contributed by atoms with Crippen LogP contribution < -0.4 is 5.73 Å². The van der Waals surface area contributed by atoms with Gasteiger partial charge in [-0.2, -0.15) is 0 Å². The molecule has 0 bridgehead atoms. The molecule has 1 amide bonds. The van der Waals surface area contributed by atoms with Crippen molar-refractivity contribution >= 4 is 11.6 Å². The van der Waals surface area contributed by atoms with Crippen LogP contribution in [0.15, 0.2) is 24.3 Å². The summed E-state index contributed by atoms with van der Waals surface area (Å²) in [6, 6.07) is 7.79. The average molecular weight is 264 g/mol. The summed E-state index contributed by atoms with van der Waals surface area (Å²) < 4.78 is 0. The van der Waals surface area contributed by atoms with E-state index in [0.29, 0.717) is 25.8 Å². The molecular weight excluding hydrogens is 240 g/mol. The summed E-state index contributed by atoms with van der Waals surface area (Å²) in [5.41, 5.74) is 7.62. The maximum absolute atomic E-state index is 12.2. The van der Waals surface area contributed by atoms with Crippen LogP contribution in [0.25, 0.3) is 0 Å². The van der Waals surface area contributed by atoms with Gasteiger partial charge in [0.1, 0.15) is 0 Å². The summed E-state index contributed by atoms with van der Waals surface area (Å²) in [4.78, 5) is 14.0. The Morgan fingerprint density at radius 2 is 2.05 bits per heavy atom. The van der Waals surface area contributed by atoms with Gasteiger partial charge in [-0.1, -0.05) is 18.2 Å². The lowest BCUT2D eigenvalue weighted by Gasteiger charge is -2.26. The molecule has 0 atom stereocenters. The highest BCUT2D eigenvalue weighted by molar-refractivity contribution is 5.77. The number of benzene rings is 1. The molecular formula is C15H24N2O2. The summed E-state index contributed by atoms with van der Waals surface area (Å²) in [5, 5.41) is 8.87. The molecule has 0 aliphatic rings. The highest BCUT2D eigenvalue weighted by Crippen LogP contribution is 2.14. The summed E-state index contributed by atoms with van der Waals surface area (Å²) in [5.74, 6) is 0.117. The van der Waals surface area contributed by atoms with Crippen molar-refractivity contribution in [2.45, 2.75) is 39.2 Å². The van der Waals surface area contributed by atoms with E-state index in [0.717, 1.165) is 11.3 Å². The first-order chi connectivity index (χ1) is 9.06. The molecule has 0 heterocycles. The highest BCUT2D eigenvalue weighted by Gasteiger charge is 2.16. The van der Waals surface area contributed by atoms with Gasteiger partial charge in [0.2, 0.25) is 5.91 Å². The number of hydrogen-bond donors (Lipinski definition) is 2. The lowest BCUT2D eigenvalue weighted by molar-refractivity contribution is -0.133. The summed E-state index contributed by atoms with van der Waals surface area (Å²) in [6.07, 6.45) is 1.74. The molecule has 19 heavy (non-hydrogen) atoms. The largest absolute Gasteiger partial charge is 0.399 e. The van der Waals surface area contributed by atoms with Crippen LogP contribution in [-0.4, -0.2) is 35.1 Å². The minimum atomic E-state index is 0.113. The molecule has 0 aliphatic carbocycles. The first-order valence-corrected chi connectivity index (χ1v) is 6.80. The Balaban J connectivity index is 2.55. The van der Waals surface area contributed by atoms with Crippen molar-refractivity contribution in [3.8, 4) is 0 Å². The molecule has 106 valence electrons. The summed E-state index contributed by atoms with van der Waals surface area (Å²) >= 11 is 0. The van der Waals surface area contributed by atoms with E-state index in [1.54, 1.807) is 0 Å². The van der Waals surface area contributed by atoms with Gasteiger partial charge in [-0.3, -0.25) is 4.79 Å². The van der Waals surface area contributed by atoms with Crippen LogP contribution >= 0.6 is 0 Å². The number of carbonyl (C=O) groups is 1. The van der Waals surface area contributed by atoms with Crippen molar-refractivity contribution < 1.29 is 9.90 Å². The predicted molar refractivity (Wildman–Crippen MR) is 77.7 cm³/mol. The van der Waals surface area contributed by atoms with E-state index in [1.165, 1.54) is 0 Å². The Labute approximate surface area is 115 Å². The van der Waals surface area contributed by atoms with Crippen LogP contribution in [0.3, 0.4) is 0 Å². The lowest BCUT2D eigenvalue weighted by Crippen LogP contribution is -2.38. The number of carbonyl (C=O) groups excluding carboxylic acids is 1. The number of rotatable bonds is 7. The quantitative estimate of drug-likeness (QED) is 0.738. The molecule has 1 aromatic rings. The second-order valence-corrected chi connectivity index (χ2v) is 4.96. The molecule has 1 aromatic carbocycles. The van der Waals surface area contributed by atoms with Crippen LogP contribution in [0.5, 0.6) is 0 Å². The fraction of sp³-hybridized carbons (Fsp3) is 0.533. The molecule has 0 aromatic heterocycles. The maximum Gasteiger partial charge on any atom is 0.223 e. The van der Waals surface area contributed by atoms with Gasteiger partial charge >= 0.3 is 0 Å². The monoisotopic (exact) mass is 264 g/mol. The van der Waals surface area contributed by atoms with Gasteiger partial charge in [0.15, 0.2) is 0 Å². The normalized spacial score (nSPS) is 10.7. The molecule has 0 spiro atoms. The molecule has 0 saturated carbocycles. The Morgan fingerprint density at radius 3 is 2.63 bits per heavy atom. The Kier molecular flexibility index (Phi) is 6.36. The van der Waals surface area contributed by atoms with Crippen molar-refractivity contribution in [1.29, 1.82) is 0 Å². The third kappa shape index (κ3) is 4.91. The smallest absolute Gasteiger partial charge is 0.223 e. The van der Waals surface area contributed by atoms with E-state index < -0.39 is 0 Å². The average Bonchev–Trinajstić information content (AvgIpc) is 2.38. The third-order valence-corrected chi connectivity index (χ3v) is 3.16. The fourth-order valence-corrected chi connectivity index (χ4v) is 2.06. The van der Waals surface area contributed by atoms with Crippen molar-refractivity contribution in [1.82, 2.24) is 4.90 Å². The second kappa shape index (κ2) is 7.79. The number of anilines is 1. The van der Waals surface area contributed by atoms with E-state index >= 15 is 0 Å². The van der Waals surface area contributed by atoms with Crippen LogP contribution in [0.4, 0.5) is 5.69 Å². The van der Waals surface area contributed by atoms with Crippen LogP contribution in [0.1, 0.15) is 32.3 Å². The highest BCUT2D eigenvalue weighted by atomic mass is 16.3. The second-order valence-electron chi connectivity index (χ2n) is 4.96. The number of nitrogen functional groups attached to an aromatic ring is 1. The molecule has 4 nitrogen and oxygen atoms in total. The van der Waals surface area contributed by atoms with Gasteiger partial charge in [0.25, 0.3) is 0 Å². The molecule has 0 aliphatic heterocycles. The molecule has 0 radical (unpaired) electrons. The van der Waals surface area contributed by atoms with Crippen LogP contribution in [0, 0.1) is 0 Å². The van der Waals surface area contributed by atoms with Crippen molar-refractivity contribution in [3.05, 3.63) is 29.8 Å². The van der Waals surface area contributed by atoms with E-state index in [9.17, 15) is 4.79 Å². The minimum absolute atomic E-state index is 0.113. The van der Waals surface area contributed by atoms with Gasteiger partial charge in [0, 0.05) is 31.3 Å². The summed E-state index contributed by atoms with van der Waals surface area (Å²) in [6.45, 7) is 4.71. The minimum Gasteiger partial charge on any atom is -0.399 e. The lowest BCUT2D eigenvalue weighted by atomic mass is 10.1. The van der Waals surface area contributed by atoms with Gasteiger partial charge in [-0.25, -0.2) is 0 Å². The predicted octanol–water partition coefficient (Wildman–Crippen LogP) is 1.82. The first kappa shape index (κ1) is 15.5. The topological polar surface area (TPSA) is 66.6 Å². The number of aryl methyl sites for hydroxylation is 1. The van der Waals surface area contributed by atoms with Gasteiger partial charge in [-0.15, -0.1) is 0 Å². The molecule has 0 fully saturated rings. The zero-order chi connectivity index (χ0) is 14.3. The Hall–Kier alpha value is -1.55. The maximum atomic E-state index is 12.2. The van der Waals surface area contributed by atoms with Gasteiger partial charge in [0.05, 0.1) is 0 Å². The molecule has 1 rings (SSSR count). The Morgan fingerprint density at radius 1 is 1.37 bits per heavy atom. The number of aliphatic hydroxyl groups is 1. The number of amides is 1. The van der Waals surface area contributed by atoms with Gasteiger partial charge in [-0.05, 0) is 38.3 Å². The van der Waals surface area contributed by atoms with Crippen molar-refractivity contribution in [3.63, 3.8) is 0 Å². The number of nitrogens with two attached hydrogens (primary N) is 1. The number of aliphatic hydroxyl groups excluding tert-OH is 1. The van der Waals surface area contributed by atoms with Crippen molar-refractivity contribution in [2.75, 3.05) is 18.9 Å². The number of nitrogens with zero attached hydrogens (tertiary/aromatic N) is 1. The van der Waals surface area contributed by atoms with Crippen LogP contribution in [-0.2, 0) is 11.2 Å². The zero-order valence-corrected chi connectivity index (χ0v) is 11.8. The van der Waals surface area contributed by atoms with E-state index in [2.05, 4.69) is 0 Å². The third-order valence-electron chi connectivity index (χ3n) is 3.16. The number of para-hydroxylation sites is 1. The first-order valence-electron chi connectivity index (χ1n) is 6.80. The standard InChI is InChI=1S/C15H24N2O2/c1-12(2)17(10-5-11-18)15(19)9-8-13-6-3-4-7-14(13)16/h3-4,6-7,12,18H,5,8-11,16H2,1-2H3. The molecule has 0 saturated heterocycles. The van der Waals surface area contributed by atoms with E-state index in [1.807, 2.05) is 43.0 Å².